The first kappa shape index (κ1) is 21.7. The van der Waals surface area contributed by atoms with Crippen molar-refractivity contribution < 1.29 is 90.2 Å². The Labute approximate surface area is 195 Å². The van der Waals surface area contributed by atoms with Gasteiger partial charge < -0.3 is 24.5 Å². The molecule has 1 atom stereocenters. The second kappa shape index (κ2) is 9.06. The summed E-state index contributed by atoms with van der Waals surface area (Å²) in [5.41, 5.74) is 0.348. The summed E-state index contributed by atoms with van der Waals surface area (Å²) in [6, 6.07) is 7.32. The van der Waals surface area contributed by atoms with Crippen LogP contribution in [0.4, 0.5) is 0 Å². The fourth-order valence-electron chi connectivity index (χ4n) is 2.45. The summed E-state index contributed by atoms with van der Waals surface area (Å²) in [6.45, 7) is -1.09. The molecule has 0 saturated heterocycles. The van der Waals surface area contributed by atoms with Crippen molar-refractivity contribution in [3.05, 3.63) is 64.6 Å². The number of aliphatic hydroxyl groups excluding tert-OH is 2. The van der Waals surface area contributed by atoms with Crippen LogP contribution < -0.4 is 56.5 Å². The molecule has 2 aromatic rings. The number of rotatable bonds is 5. The number of aliphatic hydroxyl groups is 2. The van der Waals surface area contributed by atoms with Crippen molar-refractivity contribution in [3.63, 3.8) is 0 Å². The van der Waals surface area contributed by atoms with E-state index in [1.54, 1.807) is 12.1 Å². The summed E-state index contributed by atoms with van der Waals surface area (Å²) in [5.74, 6) is -3.54. The van der Waals surface area contributed by atoms with E-state index in [1.165, 1.54) is 12.1 Å². The average Bonchev–Trinajstić information content (AvgIpc) is 3.10. The number of carbonyl (C=O) groups excluding carboxylic acids is 3. The van der Waals surface area contributed by atoms with E-state index >= 15 is 0 Å². The number of furan rings is 1. The van der Waals surface area contributed by atoms with Crippen molar-refractivity contribution in [3.8, 4) is 0 Å². The summed E-state index contributed by atoms with van der Waals surface area (Å²) >= 11 is 0. The molecule has 1 unspecified atom stereocenters. The van der Waals surface area contributed by atoms with E-state index in [-0.39, 0.29) is 79.6 Å². The molecular formula is C18H13KO8. The Hall–Kier alpha value is -1.59. The molecule has 27 heavy (non-hydrogen) atoms. The molecule has 0 aliphatic heterocycles. The summed E-state index contributed by atoms with van der Waals surface area (Å²) in [5, 5.41) is 29.8. The van der Waals surface area contributed by atoms with Crippen LogP contribution >= 0.6 is 0 Å². The van der Waals surface area contributed by atoms with Crippen molar-refractivity contribution in [2.24, 2.45) is 0 Å². The van der Waals surface area contributed by atoms with E-state index in [9.17, 15) is 19.5 Å². The average molecular weight is 396 g/mol. The monoisotopic (exact) mass is 396 g/mol. The van der Waals surface area contributed by atoms with Crippen LogP contribution in [0, 0.1) is 0 Å². The second-order valence-corrected chi connectivity index (χ2v) is 5.53. The van der Waals surface area contributed by atoms with Gasteiger partial charge in [-0.3, -0.25) is 9.59 Å². The standard InChI is InChI=1S/C18H14O8.K/c19-7-9(20)8-25-15(22)6-13(21)14-5-12-16(23)10-3-1-2-4-11(10)17(24)18(12)26-14;/h1-6,9,19-21H,7-8H2;/q;+1/p-1/b13-6-;. The summed E-state index contributed by atoms with van der Waals surface area (Å²) < 4.78 is 9.79. The Morgan fingerprint density at radius 2 is 1.81 bits per heavy atom. The van der Waals surface area contributed by atoms with Gasteiger partial charge in [-0.1, -0.05) is 30.0 Å². The van der Waals surface area contributed by atoms with Crippen molar-refractivity contribution in [1.29, 1.82) is 0 Å². The van der Waals surface area contributed by atoms with Gasteiger partial charge in [0.15, 0.2) is 11.5 Å². The van der Waals surface area contributed by atoms with E-state index in [2.05, 4.69) is 4.74 Å². The van der Waals surface area contributed by atoms with Crippen LogP contribution in [0.3, 0.4) is 0 Å². The maximum Gasteiger partial charge on any atom is 1.00 e. The first-order chi connectivity index (χ1) is 12.4. The van der Waals surface area contributed by atoms with Gasteiger partial charge in [0, 0.05) is 17.2 Å². The van der Waals surface area contributed by atoms with Crippen LogP contribution in [0.2, 0.25) is 0 Å². The molecule has 0 spiro atoms. The van der Waals surface area contributed by atoms with Crippen molar-refractivity contribution >= 4 is 23.3 Å². The van der Waals surface area contributed by atoms with Crippen LogP contribution in [0.1, 0.15) is 37.8 Å². The van der Waals surface area contributed by atoms with Crippen LogP contribution in [0.25, 0.3) is 5.76 Å². The van der Waals surface area contributed by atoms with E-state index in [0.29, 0.717) is 6.08 Å². The van der Waals surface area contributed by atoms with Crippen molar-refractivity contribution in [2.45, 2.75) is 6.10 Å². The maximum absolute atomic E-state index is 12.4. The molecule has 3 rings (SSSR count). The predicted octanol–water partition coefficient (Wildman–Crippen LogP) is -3.34. The molecule has 0 saturated carbocycles. The largest absolute Gasteiger partial charge is 1.00 e. The molecule has 0 amide bonds. The Kier molecular flexibility index (Phi) is 7.29. The molecule has 1 aliphatic carbocycles. The molecule has 0 bridgehead atoms. The summed E-state index contributed by atoms with van der Waals surface area (Å²) in [4.78, 5) is 36.4. The van der Waals surface area contributed by atoms with E-state index in [0.717, 1.165) is 6.07 Å². The molecule has 9 heteroatoms. The minimum atomic E-state index is -1.26. The van der Waals surface area contributed by atoms with Gasteiger partial charge in [0.25, 0.3) is 0 Å². The topological polar surface area (TPSA) is 137 Å². The number of fused-ring (bicyclic) bond motifs is 2. The smallest absolute Gasteiger partial charge is 0.870 e. The first-order valence-electron chi connectivity index (χ1n) is 7.59. The molecule has 1 aliphatic rings. The molecule has 1 aromatic carbocycles. The molecule has 1 aromatic heterocycles. The van der Waals surface area contributed by atoms with E-state index < -0.39 is 42.6 Å². The van der Waals surface area contributed by atoms with Crippen molar-refractivity contribution in [2.75, 3.05) is 13.2 Å². The maximum atomic E-state index is 12.4. The van der Waals surface area contributed by atoms with Gasteiger partial charge in [0.2, 0.25) is 5.78 Å². The molecular weight excluding hydrogens is 383 g/mol. The fourth-order valence-corrected chi connectivity index (χ4v) is 2.45. The SMILES string of the molecule is O=C(/C=C(\[O-])c1cc2c(o1)C(=O)c1ccccc1C2=O)OCC(O)CO.[K+]. The van der Waals surface area contributed by atoms with Crippen LogP contribution in [0.15, 0.2) is 40.8 Å². The number of benzene rings is 1. The van der Waals surface area contributed by atoms with Gasteiger partial charge in [-0.25, -0.2) is 4.79 Å². The Balaban J connectivity index is 0.00000261. The van der Waals surface area contributed by atoms with Crippen LogP contribution in [0.5, 0.6) is 0 Å². The Morgan fingerprint density at radius 1 is 1.19 bits per heavy atom. The van der Waals surface area contributed by atoms with E-state index in [4.69, 9.17) is 14.6 Å². The number of hydrogen-bond acceptors (Lipinski definition) is 8. The van der Waals surface area contributed by atoms with E-state index in [1.807, 2.05) is 0 Å². The zero-order valence-electron chi connectivity index (χ0n) is 14.3. The molecule has 8 nitrogen and oxygen atoms in total. The number of ether oxygens (including phenoxy) is 1. The second-order valence-electron chi connectivity index (χ2n) is 5.53. The zero-order valence-corrected chi connectivity index (χ0v) is 17.4. The van der Waals surface area contributed by atoms with Crippen molar-refractivity contribution in [1.82, 2.24) is 0 Å². The molecule has 0 radical (unpaired) electrons. The summed E-state index contributed by atoms with van der Waals surface area (Å²) in [7, 11) is 0. The third-order valence-corrected chi connectivity index (χ3v) is 3.72. The van der Waals surface area contributed by atoms with Gasteiger partial charge in [0.1, 0.15) is 18.5 Å². The van der Waals surface area contributed by atoms with Crippen LogP contribution in [-0.4, -0.2) is 47.1 Å². The normalized spacial score (nSPS) is 14.1. The zero-order chi connectivity index (χ0) is 18.8. The Morgan fingerprint density at radius 3 is 2.44 bits per heavy atom. The Bertz CT molecular complexity index is 875. The van der Waals surface area contributed by atoms with Gasteiger partial charge in [-0.05, 0) is 6.07 Å². The quantitative estimate of drug-likeness (QED) is 0.198. The van der Waals surface area contributed by atoms with Gasteiger partial charge in [-0.2, -0.15) is 0 Å². The number of carbonyl (C=O) groups is 3. The minimum Gasteiger partial charge on any atom is -0.870 e. The molecule has 2 N–H and O–H groups in total. The van der Waals surface area contributed by atoms with Gasteiger partial charge in [-0.15, -0.1) is 0 Å². The predicted molar refractivity (Wildman–Crippen MR) is 84.0 cm³/mol. The van der Waals surface area contributed by atoms with Crippen LogP contribution in [-0.2, 0) is 9.53 Å². The van der Waals surface area contributed by atoms with Gasteiger partial charge >= 0.3 is 57.4 Å². The minimum absolute atomic E-state index is 0. The molecule has 1 heterocycles. The third-order valence-electron chi connectivity index (χ3n) is 3.72. The number of esters is 1. The number of hydrogen-bond donors (Lipinski definition) is 2. The fraction of sp³-hybridized carbons (Fsp3) is 0.167. The van der Waals surface area contributed by atoms with Gasteiger partial charge in [0.05, 0.1) is 12.2 Å². The third kappa shape index (κ3) is 4.46. The number of ketones is 2. The first-order valence-corrected chi connectivity index (χ1v) is 7.59. The molecule has 134 valence electrons. The summed E-state index contributed by atoms with van der Waals surface area (Å²) in [6.07, 6.45) is -0.691. The molecule has 0 fully saturated rings.